The van der Waals surface area contributed by atoms with Crippen molar-refractivity contribution in [2.45, 2.75) is 51.4 Å². The van der Waals surface area contributed by atoms with Crippen molar-refractivity contribution in [1.29, 1.82) is 0 Å². The molecule has 6 nitrogen and oxygen atoms in total. The van der Waals surface area contributed by atoms with Gasteiger partial charge in [0.1, 0.15) is 12.6 Å². The van der Waals surface area contributed by atoms with Gasteiger partial charge in [-0.15, -0.1) is 0 Å². The van der Waals surface area contributed by atoms with Gasteiger partial charge in [0.05, 0.1) is 7.11 Å². The van der Waals surface area contributed by atoms with Crippen LogP contribution >= 0.6 is 0 Å². The lowest BCUT2D eigenvalue weighted by Gasteiger charge is -2.36. The molecule has 21 heavy (non-hydrogen) atoms. The summed E-state index contributed by atoms with van der Waals surface area (Å²) in [5.74, 6) is -0.821. The monoisotopic (exact) mass is 319 g/mol. The highest BCUT2D eigenvalue weighted by Crippen LogP contribution is 2.36. The number of rotatable bonds is 8. The molecule has 1 amide bonds. The van der Waals surface area contributed by atoms with Crippen LogP contribution in [0.15, 0.2) is 0 Å². The van der Waals surface area contributed by atoms with Crippen molar-refractivity contribution >= 4 is 20.2 Å². The molecule has 1 atom stereocenters. The molecule has 0 saturated heterocycles. The summed E-state index contributed by atoms with van der Waals surface area (Å²) in [7, 11) is 0.861. The molecule has 0 aromatic carbocycles. The molecular formula is C14H29NO5Si. The number of nitrogens with one attached hydrogen (secondary N) is 1. The van der Waals surface area contributed by atoms with Gasteiger partial charge in [-0.2, -0.15) is 0 Å². The Hall–Kier alpha value is -0.923. The Bertz CT molecular complexity index is 352. The molecule has 0 aliphatic carbocycles. The molecule has 0 bridgehead atoms. The number of carbonyl (C=O) groups excluding carboxylic acids is 2. The zero-order valence-corrected chi connectivity index (χ0v) is 15.2. The first-order valence-corrected chi connectivity index (χ1v) is 9.96. The van der Waals surface area contributed by atoms with Gasteiger partial charge in [0, 0.05) is 20.1 Å². The number of amides is 1. The summed E-state index contributed by atoms with van der Waals surface area (Å²) < 4.78 is 15.4. The number of methoxy groups -OCH3 is 2. The van der Waals surface area contributed by atoms with Crippen LogP contribution in [0.4, 0.5) is 0 Å². The molecule has 0 fully saturated rings. The van der Waals surface area contributed by atoms with Crippen molar-refractivity contribution in [2.75, 3.05) is 27.4 Å². The molecule has 0 aromatic rings. The zero-order chi connectivity index (χ0) is 16.7. The third-order valence-electron chi connectivity index (χ3n) is 3.77. The highest BCUT2D eigenvalue weighted by molar-refractivity contribution is 6.74. The predicted molar refractivity (Wildman–Crippen MR) is 83.6 cm³/mol. The van der Waals surface area contributed by atoms with Crippen molar-refractivity contribution < 1.29 is 23.5 Å². The van der Waals surface area contributed by atoms with Gasteiger partial charge in [-0.25, -0.2) is 4.79 Å². The Balaban J connectivity index is 4.50. The van der Waals surface area contributed by atoms with Gasteiger partial charge >= 0.3 is 5.97 Å². The van der Waals surface area contributed by atoms with Crippen LogP contribution in [0.2, 0.25) is 18.1 Å². The number of esters is 1. The van der Waals surface area contributed by atoms with Gasteiger partial charge < -0.3 is 19.2 Å². The second kappa shape index (κ2) is 8.50. The molecule has 0 radical (unpaired) electrons. The summed E-state index contributed by atoms with van der Waals surface area (Å²) >= 11 is 0. The Morgan fingerprint density at radius 1 is 1.19 bits per heavy atom. The second-order valence-electron chi connectivity index (χ2n) is 6.47. The van der Waals surface area contributed by atoms with E-state index >= 15 is 0 Å². The molecule has 1 N–H and O–H groups in total. The molecule has 124 valence electrons. The molecule has 0 spiro atoms. The Kier molecular flexibility index (Phi) is 8.13. The molecule has 0 aromatic heterocycles. The fourth-order valence-electron chi connectivity index (χ4n) is 1.41. The largest absolute Gasteiger partial charge is 0.467 e. The summed E-state index contributed by atoms with van der Waals surface area (Å²) in [6.07, 6.45) is 0.384. The van der Waals surface area contributed by atoms with Crippen molar-refractivity contribution in [3.05, 3.63) is 0 Å². The minimum absolute atomic E-state index is 0.0867. The molecule has 7 heteroatoms. The maximum atomic E-state index is 11.7. The number of hydrogen-bond donors (Lipinski definition) is 1. The van der Waals surface area contributed by atoms with E-state index in [-0.39, 0.29) is 17.6 Å². The highest BCUT2D eigenvalue weighted by Gasteiger charge is 2.37. The molecule has 0 unspecified atom stereocenters. The number of ether oxygens (including phenoxy) is 2. The van der Waals surface area contributed by atoms with Crippen LogP contribution in [0.25, 0.3) is 0 Å². The first-order valence-electron chi connectivity index (χ1n) is 7.05. The Morgan fingerprint density at radius 2 is 1.76 bits per heavy atom. The van der Waals surface area contributed by atoms with Crippen LogP contribution in [0.5, 0.6) is 0 Å². The van der Waals surface area contributed by atoms with Gasteiger partial charge in [0.2, 0.25) is 5.91 Å². The fourth-order valence-corrected chi connectivity index (χ4v) is 2.47. The van der Waals surface area contributed by atoms with E-state index in [2.05, 4.69) is 39.2 Å². The quantitative estimate of drug-likeness (QED) is 0.544. The van der Waals surface area contributed by atoms with Crippen LogP contribution in [0, 0.1) is 0 Å². The van der Waals surface area contributed by atoms with Crippen LogP contribution in [0.3, 0.4) is 0 Å². The zero-order valence-electron chi connectivity index (χ0n) is 14.2. The lowest BCUT2D eigenvalue weighted by molar-refractivity contribution is -0.145. The third kappa shape index (κ3) is 7.06. The fraction of sp³-hybridized carbons (Fsp3) is 0.857. The maximum Gasteiger partial charge on any atom is 0.328 e. The van der Waals surface area contributed by atoms with E-state index < -0.39 is 20.3 Å². The third-order valence-corrected chi connectivity index (χ3v) is 8.31. The predicted octanol–water partition coefficient (Wildman–Crippen LogP) is 1.70. The number of carbonyl (C=O) groups is 2. The minimum Gasteiger partial charge on any atom is -0.467 e. The minimum atomic E-state index is -1.86. The molecular weight excluding hydrogens is 290 g/mol. The van der Waals surface area contributed by atoms with Crippen LogP contribution in [-0.4, -0.2) is 53.7 Å². The first kappa shape index (κ1) is 20.1. The highest BCUT2D eigenvalue weighted by atomic mass is 28.4. The Morgan fingerprint density at radius 3 is 2.19 bits per heavy atom. The molecule has 0 saturated carbocycles. The normalized spacial score (nSPS) is 13.7. The topological polar surface area (TPSA) is 73.9 Å². The van der Waals surface area contributed by atoms with Crippen molar-refractivity contribution in [1.82, 2.24) is 5.32 Å². The van der Waals surface area contributed by atoms with Gasteiger partial charge in [-0.1, -0.05) is 20.8 Å². The average molecular weight is 319 g/mol. The van der Waals surface area contributed by atoms with Crippen LogP contribution in [-0.2, 0) is 23.5 Å². The summed E-state index contributed by atoms with van der Waals surface area (Å²) in [5, 5.41) is 2.69. The van der Waals surface area contributed by atoms with E-state index in [0.29, 0.717) is 13.0 Å². The van der Waals surface area contributed by atoms with E-state index in [1.54, 1.807) is 0 Å². The van der Waals surface area contributed by atoms with Crippen molar-refractivity contribution in [3.63, 3.8) is 0 Å². The molecule has 0 aliphatic heterocycles. The van der Waals surface area contributed by atoms with Gasteiger partial charge in [-0.05, 0) is 18.1 Å². The summed E-state index contributed by atoms with van der Waals surface area (Å²) in [5.41, 5.74) is 0. The van der Waals surface area contributed by atoms with E-state index in [4.69, 9.17) is 13.9 Å². The van der Waals surface area contributed by atoms with E-state index in [1.165, 1.54) is 14.2 Å². The van der Waals surface area contributed by atoms with E-state index in [1.807, 2.05) is 0 Å². The smallest absolute Gasteiger partial charge is 0.328 e. The van der Waals surface area contributed by atoms with Crippen LogP contribution in [0.1, 0.15) is 27.2 Å². The summed E-state index contributed by atoms with van der Waals surface area (Å²) in [4.78, 5) is 23.2. The summed E-state index contributed by atoms with van der Waals surface area (Å²) in [6, 6.07) is -0.706. The maximum absolute atomic E-state index is 11.7. The van der Waals surface area contributed by atoms with E-state index in [9.17, 15) is 9.59 Å². The van der Waals surface area contributed by atoms with E-state index in [0.717, 1.165) is 0 Å². The van der Waals surface area contributed by atoms with Gasteiger partial charge in [-0.3, -0.25) is 4.79 Å². The first-order chi connectivity index (χ1) is 9.55. The van der Waals surface area contributed by atoms with Gasteiger partial charge in [0.15, 0.2) is 8.32 Å². The molecule has 0 aliphatic rings. The van der Waals surface area contributed by atoms with Crippen molar-refractivity contribution in [2.24, 2.45) is 0 Å². The SMILES string of the molecule is COCC(=O)N[C@@H](CCO[Si](C)(C)C(C)(C)C)C(=O)OC. The second-order valence-corrected chi connectivity index (χ2v) is 11.3. The average Bonchev–Trinajstić information content (AvgIpc) is 2.35. The lowest BCUT2D eigenvalue weighted by atomic mass is 10.2. The van der Waals surface area contributed by atoms with Gasteiger partial charge in [0.25, 0.3) is 0 Å². The Labute approximate surface area is 128 Å². The number of hydrogen-bond acceptors (Lipinski definition) is 5. The molecule has 0 rings (SSSR count). The standard InChI is InChI=1S/C14H29NO5Si/c1-14(2,3)21(6,7)20-9-8-11(13(17)19-5)15-12(16)10-18-4/h11H,8-10H2,1-7H3,(H,15,16)/t11-/m0/s1. The lowest BCUT2D eigenvalue weighted by Crippen LogP contribution is -2.45. The summed E-state index contributed by atoms with van der Waals surface area (Å²) in [6.45, 7) is 11.1. The molecule has 0 heterocycles. The van der Waals surface area contributed by atoms with Crippen molar-refractivity contribution in [3.8, 4) is 0 Å². The van der Waals surface area contributed by atoms with Crippen LogP contribution < -0.4 is 5.32 Å².